The second-order valence-corrected chi connectivity index (χ2v) is 8.52. The molecule has 0 bridgehead atoms. The van der Waals surface area contributed by atoms with E-state index in [4.69, 9.17) is 14.2 Å². The minimum atomic E-state index is -0.479. The van der Waals surface area contributed by atoms with Crippen LogP contribution in [0.1, 0.15) is 29.1 Å². The molecule has 2 heterocycles. The number of hydrogen-bond donors (Lipinski definition) is 1. The van der Waals surface area contributed by atoms with Crippen LogP contribution >= 0.6 is 11.3 Å². The van der Waals surface area contributed by atoms with E-state index < -0.39 is 17.4 Å². The third-order valence-corrected chi connectivity index (χ3v) is 5.82. The molecule has 0 unspecified atom stereocenters. The molecule has 2 aromatic heterocycles. The van der Waals surface area contributed by atoms with Gasteiger partial charge in [-0.3, -0.25) is 14.2 Å². The molecule has 0 aliphatic heterocycles. The van der Waals surface area contributed by atoms with Gasteiger partial charge in [0.15, 0.2) is 0 Å². The monoisotopic (exact) mass is 459 g/mol. The van der Waals surface area contributed by atoms with E-state index >= 15 is 0 Å². The van der Waals surface area contributed by atoms with Crippen LogP contribution in [0.5, 0.6) is 11.5 Å². The minimum absolute atomic E-state index is 0.200. The van der Waals surface area contributed by atoms with Gasteiger partial charge < -0.3 is 19.5 Å². The molecule has 1 amide bonds. The maximum atomic E-state index is 13.0. The molecule has 0 atom stereocenters. The SMILES string of the molecule is COc1ccc(OC)c(NC(=O)Cn2cnc3sc(C(=O)OCC(C)C)c(C)c3c2=O)c1. The van der Waals surface area contributed by atoms with Crippen LogP contribution in [-0.4, -0.2) is 42.3 Å². The number of amides is 1. The number of methoxy groups -OCH3 is 2. The smallest absolute Gasteiger partial charge is 0.348 e. The Kier molecular flexibility index (Phi) is 7.14. The van der Waals surface area contributed by atoms with Crippen LogP contribution < -0.4 is 20.3 Å². The highest BCUT2D eigenvalue weighted by Crippen LogP contribution is 2.29. The number of ether oxygens (including phenoxy) is 3. The van der Waals surface area contributed by atoms with Crippen molar-refractivity contribution >= 4 is 39.1 Å². The zero-order valence-corrected chi connectivity index (χ0v) is 19.4. The number of carbonyl (C=O) groups is 2. The van der Waals surface area contributed by atoms with Crippen LogP contribution in [0.25, 0.3) is 10.2 Å². The molecule has 0 saturated carbocycles. The second kappa shape index (κ2) is 9.82. The van der Waals surface area contributed by atoms with Crippen LogP contribution in [0.2, 0.25) is 0 Å². The molecule has 1 aromatic carbocycles. The van der Waals surface area contributed by atoms with Crippen LogP contribution in [0.4, 0.5) is 5.69 Å². The van der Waals surface area contributed by atoms with Gasteiger partial charge in [0.25, 0.3) is 5.56 Å². The van der Waals surface area contributed by atoms with E-state index in [1.165, 1.54) is 25.1 Å². The Labute approximate surface area is 188 Å². The van der Waals surface area contributed by atoms with Crippen molar-refractivity contribution in [2.24, 2.45) is 5.92 Å². The number of carbonyl (C=O) groups excluding carboxylic acids is 2. The summed E-state index contributed by atoms with van der Waals surface area (Å²) in [6.45, 7) is 5.59. The molecule has 0 aliphatic rings. The quantitative estimate of drug-likeness (QED) is 0.515. The molecule has 0 radical (unpaired) electrons. The summed E-state index contributed by atoms with van der Waals surface area (Å²) >= 11 is 1.11. The van der Waals surface area contributed by atoms with Crippen molar-refractivity contribution in [3.05, 3.63) is 45.3 Å². The number of fused-ring (bicyclic) bond motifs is 1. The lowest BCUT2D eigenvalue weighted by Crippen LogP contribution is -2.28. The summed E-state index contributed by atoms with van der Waals surface area (Å²) in [6, 6.07) is 5.00. The molecule has 0 fully saturated rings. The summed E-state index contributed by atoms with van der Waals surface area (Å²) in [5, 5.41) is 3.03. The molecule has 3 rings (SSSR count). The molecule has 9 nitrogen and oxygen atoms in total. The summed E-state index contributed by atoms with van der Waals surface area (Å²) in [6.07, 6.45) is 1.30. The Morgan fingerprint density at radius 1 is 1.22 bits per heavy atom. The van der Waals surface area contributed by atoms with E-state index in [2.05, 4.69) is 10.3 Å². The highest BCUT2D eigenvalue weighted by molar-refractivity contribution is 7.20. The Bertz CT molecular complexity index is 1210. The van der Waals surface area contributed by atoms with Crippen LogP contribution in [0, 0.1) is 12.8 Å². The number of aromatic nitrogens is 2. The van der Waals surface area contributed by atoms with Crippen molar-refractivity contribution in [3.8, 4) is 11.5 Å². The summed E-state index contributed by atoms with van der Waals surface area (Å²) in [5.74, 6) is 0.286. The summed E-state index contributed by atoms with van der Waals surface area (Å²) < 4.78 is 16.9. The Morgan fingerprint density at radius 2 is 1.97 bits per heavy atom. The first-order valence-electron chi connectivity index (χ1n) is 9.92. The highest BCUT2D eigenvalue weighted by atomic mass is 32.1. The maximum absolute atomic E-state index is 13.0. The fourth-order valence-electron chi connectivity index (χ4n) is 3.03. The van der Waals surface area contributed by atoms with Crippen LogP contribution in [-0.2, 0) is 16.1 Å². The van der Waals surface area contributed by atoms with Crippen molar-refractivity contribution in [3.63, 3.8) is 0 Å². The van der Waals surface area contributed by atoms with Gasteiger partial charge in [0.05, 0.1) is 38.2 Å². The number of thiophene rings is 1. The number of benzene rings is 1. The van der Waals surface area contributed by atoms with Gasteiger partial charge in [0, 0.05) is 6.07 Å². The van der Waals surface area contributed by atoms with Gasteiger partial charge in [-0.2, -0.15) is 0 Å². The normalized spacial score (nSPS) is 10.9. The number of esters is 1. The van der Waals surface area contributed by atoms with E-state index in [-0.39, 0.29) is 19.1 Å². The fraction of sp³-hybridized carbons (Fsp3) is 0.364. The average molecular weight is 460 g/mol. The third-order valence-electron chi connectivity index (χ3n) is 4.65. The number of nitrogens with zero attached hydrogens (tertiary/aromatic N) is 2. The van der Waals surface area contributed by atoms with Crippen molar-refractivity contribution in [1.29, 1.82) is 0 Å². The number of nitrogens with one attached hydrogen (secondary N) is 1. The van der Waals surface area contributed by atoms with E-state index in [0.717, 1.165) is 11.3 Å². The predicted octanol–water partition coefficient (Wildman–Crippen LogP) is 3.24. The topological polar surface area (TPSA) is 109 Å². The molecule has 1 N–H and O–H groups in total. The zero-order chi connectivity index (χ0) is 23.4. The minimum Gasteiger partial charge on any atom is -0.497 e. The lowest BCUT2D eigenvalue weighted by Gasteiger charge is -2.12. The molecular weight excluding hydrogens is 434 g/mol. The van der Waals surface area contributed by atoms with Gasteiger partial charge >= 0.3 is 5.97 Å². The van der Waals surface area contributed by atoms with E-state index in [1.807, 2.05) is 13.8 Å². The Morgan fingerprint density at radius 3 is 2.62 bits per heavy atom. The number of hydrogen-bond acceptors (Lipinski definition) is 8. The lowest BCUT2D eigenvalue weighted by atomic mass is 10.2. The molecule has 170 valence electrons. The van der Waals surface area contributed by atoms with Gasteiger partial charge in [0.2, 0.25) is 5.91 Å². The largest absolute Gasteiger partial charge is 0.497 e. The first kappa shape index (κ1) is 23.3. The average Bonchev–Trinajstić information content (AvgIpc) is 3.11. The van der Waals surface area contributed by atoms with Crippen LogP contribution in [0.15, 0.2) is 29.3 Å². The third kappa shape index (κ3) is 4.91. The summed E-state index contributed by atoms with van der Waals surface area (Å²) in [4.78, 5) is 43.1. The molecule has 0 spiro atoms. The van der Waals surface area contributed by atoms with Gasteiger partial charge in [0.1, 0.15) is 27.8 Å². The fourth-order valence-corrected chi connectivity index (χ4v) is 4.06. The predicted molar refractivity (Wildman–Crippen MR) is 122 cm³/mol. The van der Waals surface area contributed by atoms with Crippen molar-refractivity contribution in [2.75, 3.05) is 26.1 Å². The number of anilines is 1. The van der Waals surface area contributed by atoms with E-state index in [0.29, 0.717) is 37.8 Å². The highest BCUT2D eigenvalue weighted by Gasteiger charge is 2.21. The lowest BCUT2D eigenvalue weighted by molar-refractivity contribution is -0.116. The van der Waals surface area contributed by atoms with Crippen molar-refractivity contribution in [2.45, 2.75) is 27.3 Å². The molecule has 0 aliphatic carbocycles. The van der Waals surface area contributed by atoms with Crippen molar-refractivity contribution in [1.82, 2.24) is 9.55 Å². The van der Waals surface area contributed by atoms with Crippen molar-refractivity contribution < 1.29 is 23.8 Å². The Hall–Kier alpha value is -3.40. The number of rotatable bonds is 8. The van der Waals surface area contributed by atoms with Gasteiger partial charge in [-0.05, 0) is 30.5 Å². The van der Waals surface area contributed by atoms with Gasteiger partial charge in [-0.1, -0.05) is 13.8 Å². The van der Waals surface area contributed by atoms with E-state index in [1.54, 1.807) is 25.1 Å². The molecular formula is C22H25N3O6S. The summed E-state index contributed by atoms with van der Waals surface area (Å²) in [5.41, 5.74) is 0.515. The zero-order valence-electron chi connectivity index (χ0n) is 18.6. The molecule has 0 saturated heterocycles. The van der Waals surface area contributed by atoms with Gasteiger partial charge in [-0.25, -0.2) is 9.78 Å². The van der Waals surface area contributed by atoms with Crippen LogP contribution in [0.3, 0.4) is 0 Å². The first-order chi connectivity index (χ1) is 15.2. The number of aryl methyl sites for hydroxylation is 1. The Balaban J connectivity index is 1.85. The summed E-state index contributed by atoms with van der Waals surface area (Å²) in [7, 11) is 3.01. The maximum Gasteiger partial charge on any atom is 0.348 e. The molecule has 32 heavy (non-hydrogen) atoms. The standard InChI is InChI=1S/C22H25N3O6S/c1-12(2)10-31-22(28)19-13(3)18-20(32-19)23-11-25(21(18)27)9-17(26)24-15-8-14(29-4)6-7-16(15)30-5/h6-8,11-12H,9-10H2,1-5H3,(H,24,26). The second-order valence-electron chi connectivity index (χ2n) is 7.52. The first-order valence-corrected chi connectivity index (χ1v) is 10.7. The van der Waals surface area contributed by atoms with E-state index in [9.17, 15) is 14.4 Å². The van der Waals surface area contributed by atoms with Gasteiger partial charge in [-0.15, -0.1) is 11.3 Å². The molecule has 3 aromatic rings. The molecule has 10 heteroatoms.